The average Bonchev–Trinajstić information content (AvgIpc) is 3.31. The number of nitrogens with zero attached hydrogens (tertiary/aromatic N) is 1. The summed E-state index contributed by atoms with van der Waals surface area (Å²) in [5, 5.41) is 9.24. The fourth-order valence-electron chi connectivity index (χ4n) is 2.32. The molecule has 1 aromatic rings. The molecule has 0 unspecified atom stereocenters. The van der Waals surface area contributed by atoms with E-state index in [0.717, 1.165) is 25.7 Å². The lowest BCUT2D eigenvalue weighted by Gasteiger charge is -2.23. The van der Waals surface area contributed by atoms with Gasteiger partial charge in [-0.05, 0) is 37.0 Å². The minimum absolute atomic E-state index is 0.115. The van der Waals surface area contributed by atoms with E-state index in [1.54, 1.807) is 16.4 Å². The normalized spacial score (nSPS) is 15.4. The number of rotatable bonds is 8. The van der Waals surface area contributed by atoms with Crippen molar-refractivity contribution in [2.45, 2.75) is 50.2 Å². The summed E-state index contributed by atoms with van der Waals surface area (Å²) < 4.78 is 32.7. The predicted octanol–water partition coefficient (Wildman–Crippen LogP) is 2.14. The Morgan fingerprint density at radius 1 is 1.38 bits per heavy atom. The van der Waals surface area contributed by atoms with Crippen LogP contribution < -0.4 is 4.74 Å². The third-order valence-corrected chi connectivity index (χ3v) is 5.66. The van der Waals surface area contributed by atoms with E-state index < -0.39 is 10.0 Å². The maximum Gasteiger partial charge on any atom is 0.247 e. The summed E-state index contributed by atoms with van der Waals surface area (Å²) in [7, 11) is -2.13. The van der Waals surface area contributed by atoms with E-state index >= 15 is 0 Å². The largest absolute Gasteiger partial charge is 0.495 e. The van der Waals surface area contributed by atoms with Crippen molar-refractivity contribution in [3.05, 3.63) is 23.8 Å². The molecule has 0 aliphatic heterocycles. The summed E-state index contributed by atoms with van der Waals surface area (Å²) in [4.78, 5) is 0.152. The maximum atomic E-state index is 12.9. The van der Waals surface area contributed by atoms with Gasteiger partial charge in [0.15, 0.2) is 0 Å². The Labute approximate surface area is 126 Å². The maximum absolute atomic E-state index is 12.9. The number of ether oxygens (including phenoxy) is 1. The highest BCUT2D eigenvalue weighted by Gasteiger charge is 2.38. The zero-order chi connectivity index (χ0) is 15.5. The van der Waals surface area contributed by atoms with Crippen LogP contribution in [0.2, 0.25) is 0 Å². The molecule has 0 radical (unpaired) electrons. The van der Waals surface area contributed by atoms with E-state index in [0.29, 0.717) is 17.9 Å². The molecule has 0 bridgehead atoms. The van der Waals surface area contributed by atoms with Crippen molar-refractivity contribution in [3.63, 3.8) is 0 Å². The highest BCUT2D eigenvalue weighted by molar-refractivity contribution is 7.89. The SMILES string of the molecule is CCCCN(C1CC1)S(=O)(=O)c1cc(CO)ccc1OC. The summed E-state index contributed by atoms with van der Waals surface area (Å²) in [5.41, 5.74) is 0.570. The number of benzene rings is 1. The van der Waals surface area contributed by atoms with Crippen LogP contribution in [0.15, 0.2) is 23.1 Å². The molecule has 0 heterocycles. The van der Waals surface area contributed by atoms with Gasteiger partial charge in [-0.15, -0.1) is 0 Å². The second kappa shape index (κ2) is 6.77. The molecule has 1 aromatic carbocycles. The standard InChI is InChI=1S/C15H23NO4S/c1-3-4-9-16(13-6-7-13)21(18,19)15-10-12(11-17)5-8-14(15)20-2/h5,8,10,13,17H,3-4,6-7,9,11H2,1-2H3. The van der Waals surface area contributed by atoms with Gasteiger partial charge in [0.2, 0.25) is 10.0 Å². The molecule has 0 spiro atoms. The smallest absolute Gasteiger partial charge is 0.247 e. The first-order valence-corrected chi connectivity index (χ1v) is 8.78. The lowest BCUT2D eigenvalue weighted by Crippen LogP contribution is -2.34. The molecule has 0 amide bonds. The fraction of sp³-hybridized carbons (Fsp3) is 0.600. The van der Waals surface area contributed by atoms with Gasteiger partial charge in [0.25, 0.3) is 0 Å². The van der Waals surface area contributed by atoms with Gasteiger partial charge >= 0.3 is 0 Å². The van der Waals surface area contributed by atoms with E-state index in [1.807, 2.05) is 6.92 Å². The third-order valence-electron chi connectivity index (χ3n) is 3.68. The van der Waals surface area contributed by atoms with Crippen LogP contribution in [-0.2, 0) is 16.6 Å². The van der Waals surface area contributed by atoms with E-state index in [2.05, 4.69) is 0 Å². The number of aliphatic hydroxyl groups is 1. The molecule has 21 heavy (non-hydrogen) atoms. The second-order valence-corrected chi connectivity index (χ2v) is 7.20. The van der Waals surface area contributed by atoms with Gasteiger partial charge in [0, 0.05) is 12.6 Å². The van der Waals surface area contributed by atoms with Crippen LogP contribution in [0.3, 0.4) is 0 Å². The van der Waals surface area contributed by atoms with Crippen molar-refractivity contribution in [1.82, 2.24) is 4.31 Å². The third kappa shape index (κ3) is 3.56. The highest BCUT2D eigenvalue weighted by Crippen LogP contribution is 2.35. The van der Waals surface area contributed by atoms with E-state index in [4.69, 9.17) is 4.74 Å². The number of methoxy groups -OCH3 is 1. The van der Waals surface area contributed by atoms with Gasteiger partial charge in [-0.3, -0.25) is 0 Å². The number of hydrogen-bond donors (Lipinski definition) is 1. The molecule has 1 aliphatic rings. The van der Waals surface area contributed by atoms with Crippen LogP contribution in [0.1, 0.15) is 38.2 Å². The molecular weight excluding hydrogens is 290 g/mol. The lowest BCUT2D eigenvalue weighted by molar-refractivity contribution is 0.281. The van der Waals surface area contributed by atoms with Crippen molar-refractivity contribution in [2.24, 2.45) is 0 Å². The Bertz CT molecular complexity index is 581. The zero-order valence-electron chi connectivity index (χ0n) is 12.6. The highest BCUT2D eigenvalue weighted by atomic mass is 32.2. The van der Waals surface area contributed by atoms with Crippen LogP contribution in [0.4, 0.5) is 0 Å². The van der Waals surface area contributed by atoms with Crippen molar-refractivity contribution in [2.75, 3.05) is 13.7 Å². The Hall–Kier alpha value is -1.11. The molecule has 1 saturated carbocycles. The summed E-state index contributed by atoms with van der Waals surface area (Å²) in [6, 6.07) is 4.90. The van der Waals surface area contributed by atoms with Crippen molar-refractivity contribution < 1.29 is 18.3 Å². The molecule has 5 nitrogen and oxygen atoms in total. The second-order valence-electron chi connectivity index (χ2n) is 5.34. The van der Waals surface area contributed by atoms with E-state index in [9.17, 15) is 13.5 Å². The summed E-state index contributed by atoms with van der Waals surface area (Å²) in [5.74, 6) is 0.328. The van der Waals surface area contributed by atoms with Gasteiger partial charge < -0.3 is 9.84 Å². The Balaban J connectivity index is 2.40. The van der Waals surface area contributed by atoms with Crippen LogP contribution in [0, 0.1) is 0 Å². The first-order chi connectivity index (χ1) is 10.0. The molecule has 118 valence electrons. The van der Waals surface area contributed by atoms with Crippen molar-refractivity contribution >= 4 is 10.0 Å². The van der Waals surface area contributed by atoms with Gasteiger partial charge in [-0.2, -0.15) is 4.31 Å². The van der Waals surface area contributed by atoms with Crippen LogP contribution in [-0.4, -0.2) is 37.5 Å². The quantitative estimate of drug-likeness (QED) is 0.798. The monoisotopic (exact) mass is 313 g/mol. The molecule has 0 atom stereocenters. The lowest BCUT2D eigenvalue weighted by atomic mass is 10.2. The van der Waals surface area contributed by atoms with Gasteiger partial charge in [-0.1, -0.05) is 19.4 Å². The number of unbranched alkanes of at least 4 members (excludes halogenated alkanes) is 1. The van der Waals surface area contributed by atoms with Gasteiger partial charge in [-0.25, -0.2) is 8.42 Å². The van der Waals surface area contributed by atoms with Crippen molar-refractivity contribution in [1.29, 1.82) is 0 Å². The first-order valence-electron chi connectivity index (χ1n) is 7.34. The number of hydrogen-bond acceptors (Lipinski definition) is 4. The first kappa shape index (κ1) is 16.3. The molecular formula is C15H23NO4S. The molecule has 1 fully saturated rings. The van der Waals surface area contributed by atoms with E-state index in [1.165, 1.54) is 13.2 Å². The van der Waals surface area contributed by atoms with Gasteiger partial charge in [0.1, 0.15) is 10.6 Å². The fourth-order valence-corrected chi connectivity index (χ4v) is 4.25. The summed E-state index contributed by atoms with van der Waals surface area (Å²) >= 11 is 0. The molecule has 1 N–H and O–H groups in total. The Morgan fingerprint density at radius 2 is 2.10 bits per heavy atom. The van der Waals surface area contributed by atoms with Crippen molar-refractivity contribution in [3.8, 4) is 5.75 Å². The minimum atomic E-state index is -3.59. The molecule has 0 saturated heterocycles. The van der Waals surface area contributed by atoms with Crippen LogP contribution in [0.25, 0.3) is 0 Å². The molecule has 1 aliphatic carbocycles. The number of sulfonamides is 1. The minimum Gasteiger partial charge on any atom is -0.495 e. The number of aliphatic hydroxyl groups excluding tert-OH is 1. The topological polar surface area (TPSA) is 66.8 Å². The molecule has 6 heteroatoms. The zero-order valence-corrected chi connectivity index (χ0v) is 13.4. The van der Waals surface area contributed by atoms with Gasteiger partial charge in [0.05, 0.1) is 13.7 Å². The molecule has 0 aromatic heterocycles. The summed E-state index contributed by atoms with van der Waals surface area (Å²) in [6.07, 6.45) is 3.64. The summed E-state index contributed by atoms with van der Waals surface area (Å²) in [6.45, 7) is 2.39. The molecule has 2 rings (SSSR count). The Kier molecular flexibility index (Phi) is 5.24. The van der Waals surface area contributed by atoms with E-state index in [-0.39, 0.29) is 17.5 Å². The van der Waals surface area contributed by atoms with Crippen LogP contribution in [0.5, 0.6) is 5.75 Å². The Morgan fingerprint density at radius 3 is 2.62 bits per heavy atom. The average molecular weight is 313 g/mol. The van der Waals surface area contributed by atoms with Crippen LogP contribution >= 0.6 is 0 Å². The predicted molar refractivity (Wildman–Crippen MR) is 80.7 cm³/mol.